The van der Waals surface area contributed by atoms with Crippen molar-refractivity contribution in [2.24, 2.45) is 5.73 Å². The van der Waals surface area contributed by atoms with Gasteiger partial charge in [0, 0.05) is 28.7 Å². The third kappa shape index (κ3) is 2.64. The second-order valence-corrected chi connectivity index (χ2v) is 4.79. The Hall–Kier alpha value is -3.21. The number of amides is 1. The van der Waals surface area contributed by atoms with Crippen molar-refractivity contribution in [1.29, 1.82) is 0 Å². The molecule has 5 heteroatoms. The fraction of sp³-hybridized carbons (Fsp3) is 0. The molecule has 0 fully saturated rings. The zero-order valence-corrected chi connectivity index (χ0v) is 11.8. The van der Waals surface area contributed by atoms with Gasteiger partial charge >= 0.3 is 0 Å². The molecule has 3 aromatic rings. The number of nitrogens with zero attached hydrogens (tertiary/aromatic N) is 1. The summed E-state index contributed by atoms with van der Waals surface area (Å²) in [4.78, 5) is 13.1. The molecule has 2 aromatic carbocycles. The van der Waals surface area contributed by atoms with Crippen molar-refractivity contribution in [1.82, 2.24) is 0 Å². The van der Waals surface area contributed by atoms with Crippen molar-refractivity contribution in [3.8, 4) is 0 Å². The van der Waals surface area contributed by atoms with E-state index in [4.69, 9.17) is 15.9 Å². The number of carbonyl (C=O) groups excluding carboxylic acids is 1. The largest absolute Gasteiger partial charge is 0.448 e. The van der Waals surface area contributed by atoms with Crippen LogP contribution in [0.1, 0.15) is 10.4 Å². The van der Waals surface area contributed by atoms with Crippen LogP contribution in [0.15, 0.2) is 71.3 Å². The minimum absolute atomic E-state index is 0.455. The molecule has 0 spiro atoms. The Bertz CT molecular complexity index is 763. The highest BCUT2D eigenvalue weighted by atomic mass is 16.3. The summed E-state index contributed by atoms with van der Waals surface area (Å²) in [5.41, 5.74) is 13.9. The average molecular weight is 293 g/mol. The summed E-state index contributed by atoms with van der Waals surface area (Å²) in [6.45, 7) is 0. The summed E-state index contributed by atoms with van der Waals surface area (Å²) in [6, 6.07) is 18.1. The molecule has 0 aliphatic rings. The van der Waals surface area contributed by atoms with Crippen LogP contribution in [0.25, 0.3) is 0 Å². The Kier molecular flexibility index (Phi) is 3.53. The minimum Gasteiger partial charge on any atom is -0.448 e. The number of hydrogen-bond acceptors (Lipinski definition) is 4. The van der Waals surface area contributed by atoms with Gasteiger partial charge in [0.15, 0.2) is 0 Å². The maximum Gasteiger partial charge on any atom is 0.248 e. The zero-order chi connectivity index (χ0) is 15.5. The van der Waals surface area contributed by atoms with E-state index in [2.05, 4.69) is 0 Å². The van der Waals surface area contributed by atoms with Crippen LogP contribution >= 0.6 is 0 Å². The van der Waals surface area contributed by atoms with Gasteiger partial charge in [0.05, 0.1) is 6.26 Å². The van der Waals surface area contributed by atoms with Gasteiger partial charge in [-0.15, -0.1) is 0 Å². The van der Waals surface area contributed by atoms with Gasteiger partial charge in [-0.05, 0) is 54.6 Å². The summed E-state index contributed by atoms with van der Waals surface area (Å²) in [7, 11) is 0. The van der Waals surface area contributed by atoms with E-state index in [-0.39, 0.29) is 0 Å². The van der Waals surface area contributed by atoms with Crippen molar-refractivity contribution in [3.63, 3.8) is 0 Å². The quantitative estimate of drug-likeness (QED) is 0.722. The number of nitrogen functional groups attached to an aromatic ring is 1. The number of primary amides is 1. The molecule has 0 unspecified atom stereocenters. The zero-order valence-electron chi connectivity index (χ0n) is 11.8. The number of benzene rings is 2. The average Bonchev–Trinajstić information content (AvgIpc) is 3.04. The van der Waals surface area contributed by atoms with E-state index in [1.165, 1.54) is 0 Å². The standard InChI is InChI=1S/C17H15N3O2/c18-13-5-9-15(10-6-13)20(16-2-1-11-22-16)14-7-3-12(4-8-14)17(19)21/h1-11H,18H2,(H2,19,21). The van der Waals surface area contributed by atoms with E-state index in [0.29, 0.717) is 17.1 Å². The molecule has 0 bridgehead atoms. The van der Waals surface area contributed by atoms with Crippen molar-refractivity contribution in [3.05, 3.63) is 72.5 Å². The van der Waals surface area contributed by atoms with Crippen molar-refractivity contribution >= 4 is 28.9 Å². The number of furan rings is 1. The lowest BCUT2D eigenvalue weighted by atomic mass is 10.1. The van der Waals surface area contributed by atoms with E-state index in [1.807, 2.05) is 53.4 Å². The Labute approximate surface area is 127 Å². The third-order valence-corrected chi connectivity index (χ3v) is 3.29. The Morgan fingerprint density at radius 2 is 1.50 bits per heavy atom. The van der Waals surface area contributed by atoms with Crippen molar-refractivity contribution in [2.75, 3.05) is 10.6 Å². The number of rotatable bonds is 4. The maximum atomic E-state index is 11.2. The molecule has 5 nitrogen and oxygen atoms in total. The first-order valence-electron chi connectivity index (χ1n) is 6.74. The second kappa shape index (κ2) is 5.65. The highest BCUT2D eigenvalue weighted by Crippen LogP contribution is 2.34. The lowest BCUT2D eigenvalue weighted by Gasteiger charge is -2.22. The second-order valence-electron chi connectivity index (χ2n) is 4.79. The van der Waals surface area contributed by atoms with Gasteiger partial charge in [0.1, 0.15) is 0 Å². The van der Waals surface area contributed by atoms with Gasteiger partial charge in [0.25, 0.3) is 0 Å². The number of nitrogens with two attached hydrogens (primary N) is 2. The first-order valence-corrected chi connectivity index (χ1v) is 6.74. The molecule has 0 aliphatic heterocycles. The Morgan fingerprint density at radius 3 is 2.00 bits per heavy atom. The predicted molar refractivity (Wildman–Crippen MR) is 86.3 cm³/mol. The first-order chi connectivity index (χ1) is 10.6. The van der Waals surface area contributed by atoms with E-state index in [1.54, 1.807) is 18.4 Å². The summed E-state index contributed by atoms with van der Waals surface area (Å²) >= 11 is 0. The highest BCUT2D eigenvalue weighted by Gasteiger charge is 2.14. The molecule has 1 amide bonds. The van der Waals surface area contributed by atoms with Gasteiger partial charge in [-0.3, -0.25) is 9.69 Å². The molecule has 4 N–H and O–H groups in total. The molecule has 1 aromatic heterocycles. The van der Waals surface area contributed by atoms with Gasteiger partial charge in [0.2, 0.25) is 11.8 Å². The Morgan fingerprint density at radius 1 is 0.909 bits per heavy atom. The molecule has 0 atom stereocenters. The molecule has 22 heavy (non-hydrogen) atoms. The molecule has 0 radical (unpaired) electrons. The van der Waals surface area contributed by atoms with Gasteiger partial charge < -0.3 is 15.9 Å². The summed E-state index contributed by atoms with van der Waals surface area (Å²) < 4.78 is 5.52. The van der Waals surface area contributed by atoms with Gasteiger partial charge in [-0.25, -0.2) is 0 Å². The summed E-state index contributed by atoms with van der Waals surface area (Å²) in [5, 5.41) is 0. The SMILES string of the molecule is NC(=O)c1ccc(N(c2ccc(N)cc2)c2ccco2)cc1. The molecule has 110 valence electrons. The monoisotopic (exact) mass is 293 g/mol. The Balaban J connectivity index is 2.05. The molecule has 0 saturated heterocycles. The molecule has 0 saturated carbocycles. The summed E-state index contributed by atoms with van der Waals surface area (Å²) in [5.74, 6) is 0.208. The fourth-order valence-corrected chi connectivity index (χ4v) is 2.20. The van der Waals surface area contributed by atoms with Gasteiger partial charge in [-0.2, -0.15) is 0 Å². The summed E-state index contributed by atoms with van der Waals surface area (Å²) in [6.07, 6.45) is 1.61. The number of hydrogen-bond donors (Lipinski definition) is 2. The lowest BCUT2D eigenvalue weighted by Crippen LogP contribution is -2.12. The third-order valence-electron chi connectivity index (χ3n) is 3.29. The fourth-order valence-electron chi connectivity index (χ4n) is 2.20. The van der Waals surface area contributed by atoms with Crippen LogP contribution in [0, 0.1) is 0 Å². The van der Waals surface area contributed by atoms with Gasteiger partial charge in [-0.1, -0.05) is 0 Å². The van der Waals surface area contributed by atoms with Crippen LogP contribution in [0.4, 0.5) is 22.9 Å². The highest BCUT2D eigenvalue weighted by molar-refractivity contribution is 5.93. The van der Waals surface area contributed by atoms with Crippen molar-refractivity contribution in [2.45, 2.75) is 0 Å². The smallest absolute Gasteiger partial charge is 0.248 e. The van der Waals surface area contributed by atoms with Crippen LogP contribution in [-0.4, -0.2) is 5.91 Å². The predicted octanol–water partition coefficient (Wildman–Crippen LogP) is 3.43. The molecule has 1 heterocycles. The van der Waals surface area contributed by atoms with Crippen LogP contribution in [-0.2, 0) is 0 Å². The maximum absolute atomic E-state index is 11.2. The van der Waals surface area contributed by atoms with E-state index < -0.39 is 5.91 Å². The van der Waals surface area contributed by atoms with E-state index in [9.17, 15) is 4.79 Å². The molecular formula is C17H15N3O2. The molecule has 0 aliphatic carbocycles. The molecular weight excluding hydrogens is 278 g/mol. The lowest BCUT2D eigenvalue weighted by molar-refractivity contribution is 0.100. The number of anilines is 4. The molecule has 3 rings (SSSR count). The number of carbonyl (C=O) groups is 1. The normalized spacial score (nSPS) is 10.4. The van der Waals surface area contributed by atoms with Crippen LogP contribution < -0.4 is 16.4 Å². The first kappa shape index (κ1) is 13.8. The van der Waals surface area contributed by atoms with E-state index in [0.717, 1.165) is 11.4 Å². The minimum atomic E-state index is -0.455. The van der Waals surface area contributed by atoms with Crippen molar-refractivity contribution < 1.29 is 9.21 Å². The van der Waals surface area contributed by atoms with E-state index >= 15 is 0 Å². The topological polar surface area (TPSA) is 85.5 Å². The van der Waals surface area contributed by atoms with Crippen LogP contribution in [0.3, 0.4) is 0 Å². The van der Waals surface area contributed by atoms with Crippen LogP contribution in [0.5, 0.6) is 0 Å². The van der Waals surface area contributed by atoms with Crippen LogP contribution in [0.2, 0.25) is 0 Å².